The van der Waals surface area contributed by atoms with Crippen molar-refractivity contribution < 1.29 is 4.74 Å². The van der Waals surface area contributed by atoms with Crippen molar-refractivity contribution in [2.24, 2.45) is 0 Å². The first-order valence-electron chi connectivity index (χ1n) is 5.18. The van der Waals surface area contributed by atoms with Crippen LogP contribution < -0.4 is 5.32 Å². The number of terminal acetylenes is 1. The second-order valence-electron chi connectivity index (χ2n) is 3.53. The van der Waals surface area contributed by atoms with Crippen LogP contribution in [0.3, 0.4) is 0 Å². The maximum Gasteiger partial charge on any atom is 0.0619 e. The minimum atomic E-state index is 0.583. The molecule has 2 nitrogen and oxygen atoms in total. The standard InChI is InChI=1S/C11H19NO/c1-2-3-4-5-8-12-11-7-6-9-13-10-11/h1,11-12H,3-10H2. The lowest BCUT2D eigenvalue weighted by molar-refractivity contribution is 0.0705. The molecule has 0 aliphatic carbocycles. The van der Waals surface area contributed by atoms with Crippen LogP contribution >= 0.6 is 0 Å². The molecule has 0 aromatic heterocycles. The van der Waals surface area contributed by atoms with E-state index in [0.717, 1.165) is 32.6 Å². The van der Waals surface area contributed by atoms with E-state index in [4.69, 9.17) is 11.2 Å². The molecular weight excluding hydrogens is 162 g/mol. The van der Waals surface area contributed by atoms with Crippen molar-refractivity contribution in [1.29, 1.82) is 0 Å². The van der Waals surface area contributed by atoms with Gasteiger partial charge in [0.1, 0.15) is 0 Å². The van der Waals surface area contributed by atoms with Gasteiger partial charge in [-0.3, -0.25) is 0 Å². The van der Waals surface area contributed by atoms with Crippen molar-refractivity contribution in [3.8, 4) is 12.3 Å². The quantitative estimate of drug-likeness (QED) is 0.513. The van der Waals surface area contributed by atoms with Crippen molar-refractivity contribution in [3.05, 3.63) is 0 Å². The van der Waals surface area contributed by atoms with Crippen molar-refractivity contribution in [2.45, 2.75) is 38.1 Å². The van der Waals surface area contributed by atoms with Gasteiger partial charge in [-0.25, -0.2) is 0 Å². The SMILES string of the molecule is C#CCCCCNC1CCCOC1. The fourth-order valence-electron chi connectivity index (χ4n) is 1.56. The van der Waals surface area contributed by atoms with Gasteiger partial charge in [-0.2, -0.15) is 0 Å². The minimum absolute atomic E-state index is 0.583. The first kappa shape index (κ1) is 10.6. The van der Waals surface area contributed by atoms with Gasteiger partial charge in [0, 0.05) is 19.1 Å². The number of ether oxygens (including phenoxy) is 1. The summed E-state index contributed by atoms with van der Waals surface area (Å²) in [5.74, 6) is 2.65. The predicted molar refractivity (Wildman–Crippen MR) is 54.5 cm³/mol. The number of nitrogens with one attached hydrogen (secondary N) is 1. The van der Waals surface area contributed by atoms with Crippen LogP contribution in [0.1, 0.15) is 32.1 Å². The summed E-state index contributed by atoms with van der Waals surface area (Å²) in [4.78, 5) is 0. The normalized spacial score (nSPS) is 22.5. The maximum atomic E-state index is 5.37. The lowest BCUT2D eigenvalue weighted by Gasteiger charge is -2.23. The molecule has 1 unspecified atom stereocenters. The van der Waals surface area contributed by atoms with Crippen molar-refractivity contribution in [2.75, 3.05) is 19.8 Å². The number of hydrogen-bond acceptors (Lipinski definition) is 2. The Hall–Kier alpha value is -0.520. The third-order valence-corrected chi connectivity index (χ3v) is 2.34. The van der Waals surface area contributed by atoms with Gasteiger partial charge in [0.05, 0.1) is 6.61 Å². The molecule has 1 N–H and O–H groups in total. The molecule has 1 fully saturated rings. The zero-order valence-electron chi connectivity index (χ0n) is 8.22. The third-order valence-electron chi connectivity index (χ3n) is 2.34. The first-order chi connectivity index (χ1) is 6.43. The van der Waals surface area contributed by atoms with Gasteiger partial charge in [-0.05, 0) is 32.2 Å². The van der Waals surface area contributed by atoms with E-state index < -0.39 is 0 Å². The van der Waals surface area contributed by atoms with Crippen molar-refractivity contribution in [3.63, 3.8) is 0 Å². The number of unbranched alkanes of at least 4 members (excludes halogenated alkanes) is 2. The lowest BCUT2D eigenvalue weighted by atomic mass is 10.1. The third kappa shape index (κ3) is 4.92. The first-order valence-corrected chi connectivity index (χ1v) is 5.18. The second kappa shape index (κ2) is 6.94. The molecule has 2 heteroatoms. The van der Waals surface area contributed by atoms with E-state index in [1.807, 2.05) is 0 Å². The summed E-state index contributed by atoms with van der Waals surface area (Å²) in [6.07, 6.45) is 10.8. The summed E-state index contributed by atoms with van der Waals surface area (Å²) in [5, 5.41) is 3.49. The molecule has 1 aliphatic heterocycles. The average molecular weight is 181 g/mol. The molecule has 1 saturated heterocycles. The molecular formula is C11H19NO. The molecule has 0 spiro atoms. The second-order valence-corrected chi connectivity index (χ2v) is 3.53. The summed E-state index contributed by atoms with van der Waals surface area (Å²) in [6, 6.07) is 0.583. The van der Waals surface area contributed by atoms with E-state index in [9.17, 15) is 0 Å². The summed E-state index contributed by atoms with van der Waals surface area (Å²) in [6.45, 7) is 2.90. The zero-order chi connectivity index (χ0) is 9.36. The molecule has 0 radical (unpaired) electrons. The van der Waals surface area contributed by atoms with Gasteiger partial charge in [0.25, 0.3) is 0 Å². The van der Waals surface area contributed by atoms with Gasteiger partial charge >= 0.3 is 0 Å². The van der Waals surface area contributed by atoms with Crippen molar-refractivity contribution in [1.82, 2.24) is 5.32 Å². The molecule has 1 rings (SSSR count). The molecule has 74 valence electrons. The Bertz CT molecular complexity index is 156. The van der Waals surface area contributed by atoms with E-state index in [1.165, 1.54) is 19.3 Å². The Kier molecular flexibility index (Phi) is 5.64. The summed E-state index contributed by atoms with van der Waals surface area (Å²) >= 11 is 0. The molecule has 0 amide bonds. The van der Waals surface area contributed by atoms with Crippen LogP contribution in [0.4, 0.5) is 0 Å². The smallest absolute Gasteiger partial charge is 0.0619 e. The Morgan fingerprint density at radius 3 is 3.08 bits per heavy atom. The topological polar surface area (TPSA) is 21.3 Å². The van der Waals surface area contributed by atoms with Crippen LogP contribution in [0.25, 0.3) is 0 Å². The molecule has 0 aromatic carbocycles. The Morgan fingerprint density at radius 1 is 1.46 bits per heavy atom. The van der Waals surface area contributed by atoms with E-state index in [0.29, 0.717) is 6.04 Å². The van der Waals surface area contributed by atoms with E-state index in [-0.39, 0.29) is 0 Å². The highest BCUT2D eigenvalue weighted by molar-refractivity contribution is 4.83. The summed E-state index contributed by atoms with van der Waals surface area (Å²) < 4.78 is 5.37. The van der Waals surface area contributed by atoms with E-state index in [2.05, 4.69) is 11.2 Å². The van der Waals surface area contributed by atoms with Gasteiger partial charge in [-0.15, -0.1) is 12.3 Å². The fourth-order valence-corrected chi connectivity index (χ4v) is 1.56. The molecule has 1 atom stereocenters. The Balaban J connectivity index is 1.90. The number of rotatable bonds is 5. The molecule has 13 heavy (non-hydrogen) atoms. The number of hydrogen-bond donors (Lipinski definition) is 1. The molecule has 0 saturated carbocycles. The van der Waals surface area contributed by atoms with Crippen molar-refractivity contribution >= 4 is 0 Å². The average Bonchev–Trinajstić information content (AvgIpc) is 2.19. The maximum absolute atomic E-state index is 5.37. The van der Waals surface area contributed by atoms with Gasteiger partial charge in [-0.1, -0.05) is 0 Å². The zero-order valence-corrected chi connectivity index (χ0v) is 8.22. The molecule has 0 bridgehead atoms. The monoisotopic (exact) mass is 181 g/mol. The van der Waals surface area contributed by atoms with Gasteiger partial charge in [0.15, 0.2) is 0 Å². The van der Waals surface area contributed by atoms with Gasteiger partial charge < -0.3 is 10.1 Å². The largest absolute Gasteiger partial charge is 0.380 e. The summed E-state index contributed by atoms with van der Waals surface area (Å²) in [7, 11) is 0. The van der Waals surface area contributed by atoms with Gasteiger partial charge in [0.2, 0.25) is 0 Å². The molecule has 1 aliphatic rings. The molecule has 0 aromatic rings. The highest BCUT2D eigenvalue weighted by Crippen LogP contribution is 2.05. The van der Waals surface area contributed by atoms with Crippen LogP contribution in [0.15, 0.2) is 0 Å². The van der Waals surface area contributed by atoms with Crippen LogP contribution in [0.5, 0.6) is 0 Å². The Labute approximate surface area is 81.0 Å². The minimum Gasteiger partial charge on any atom is -0.380 e. The van der Waals surface area contributed by atoms with E-state index in [1.54, 1.807) is 0 Å². The molecule has 1 heterocycles. The predicted octanol–water partition coefficient (Wildman–Crippen LogP) is 1.56. The van der Waals surface area contributed by atoms with Crippen LogP contribution in [0.2, 0.25) is 0 Å². The Morgan fingerprint density at radius 2 is 2.38 bits per heavy atom. The summed E-state index contributed by atoms with van der Waals surface area (Å²) in [5.41, 5.74) is 0. The van der Waals surface area contributed by atoms with E-state index >= 15 is 0 Å². The van der Waals surface area contributed by atoms with Crippen LogP contribution in [-0.2, 0) is 4.74 Å². The highest BCUT2D eigenvalue weighted by atomic mass is 16.5. The van der Waals surface area contributed by atoms with Crippen LogP contribution in [0, 0.1) is 12.3 Å². The highest BCUT2D eigenvalue weighted by Gasteiger charge is 2.11. The lowest BCUT2D eigenvalue weighted by Crippen LogP contribution is -2.37. The van der Waals surface area contributed by atoms with Crippen LogP contribution in [-0.4, -0.2) is 25.8 Å². The fraction of sp³-hybridized carbons (Fsp3) is 0.818.